The van der Waals surface area contributed by atoms with Gasteiger partial charge >= 0.3 is 0 Å². The molecule has 0 bridgehead atoms. The van der Waals surface area contributed by atoms with Crippen molar-refractivity contribution in [3.05, 3.63) is 133 Å². The van der Waals surface area contributed by atoms with Crippen LogP contribution in [-0.2, 0) is 0 Å². The van der Waals surface area contributed by atoms with Gasteiger partial charge in [-0.05, 0) is 61.0 Å². The third-order valence-electron chi connectivity index (χ3n) is 5.38. The van der Waals surface area contributed by atoms with Crippen LogP contribution in [0.4, 0.5) is 0 Å². The van der Waals surface area contributed by atoms with Crippen LogP contribution in [0.1, 0.15) is 19.2 Å². The standard InChI is InChI=1S/C32H22/c1-4-12-23(13-5-1)26-20-21-29-30(22-26)32(25-16-8-3-9-17-25)28-19-11-10-18-27(28)31(29)24-14-6-2-7-15-24/h1-22H/i1D,2D,3D,4D,5D,6D,7D,8D,9D,12D,14D,15D,16D,17D. The summed E-state index contributed by atoms with van der Waals surface area (Å²) in [5.74, 6) is 0. The number of rotatable bonds is 3. The molecule has 0 unspecified atom stereocenters. The van der Waals surface area contributed by atoms with Crippen LogP contribution >= 0.6 is 0 Å². The normalized spacial score (nSPS) is 17.2. The minimum Gasteiger partial charge on any atom is -0.0622 e. The lowest BCUT2D eigenvalue weighted by Gasteiger charge is -2.18. The molecule has 0 fully saturated rings. The molecule has 150 valence electrons. The summed E-state index contributed by atoms with van der Waals surface area (Å²) in [6.45, 7) is 0. The maximum atomic E-state index is 8.82. The van der Waals surface area contributed by atoms with Crippen LogP contribution < -0.4 is 0 Å². The topological polar surface area (TPSA) is 0 Å². The molecule has 0 aliphatic carbocycles. The molecule has 6 aromatic carbocycles. The quantitative estimate of drug-likeness (QED) is 0.251. The fraction of sp³-hybridized carbons (Fsp3) is 0. The molecule has 0 heteroatoms. The lowest BCUT2D eigenvalue weighted by molar-refractivity contribution is 1.63. The largest absolute Gasteiger partial charge is 0.0629 e. The first-order valence-corrected chi connectivity index (χ1v) is 9.89. The smallest absolute Gasteiger partial charge is 0.0622 e. The van der Waals surface area contributed by atoms with Crippen molar-refractivity contribution >= 4 is 21.5 Å². The Balaban J connectivity index is 1.90. The first-order chi connectivity index (χ1) is 21.7. The molecule has 0 spiro atoms. The Bertz CT molecular complexity index is 2250. The molecule has 32 heavy (non-hydrogen) atoms. The molecule has 0 saturated heterocycles. The zero-order valence-electron chi connectivity index (χ0n) is 30.6. The van der Waals surface area contributed by atoms with Crippen LogP contribution in [0.2, 0.25) is 0 Å². The van der Waals surface area contributed by atoms with Gasteiger partial charge in [0.25, 0.3) is 0 Å². The Morgan fingerprint density at radius 1 is 0.375 bits per heavy atom. The van der Waals surface area contributed by atoms with Crippen LogP contribution in [0.3, 0.4) is 0 Å². The molecule has 6 rings (SSSR count). The van der Waals surface area contributed by atoms with Crippen LogP contribution in [0.25, 0.3) is 54.9 Å². The SMILES string of the molecule is [2H]c1cc(-c2ccc3c(-c4c([2H])c([2H])c([2H])c([2H])c4[2H])c4ccccc4c(-c4c([2H])c([2H])c([2H])c([2H])c4[2H])c3c2)c([2H])c([2H])c1[2H]. The summed E-state index contributed by atoms with van der Waals surface area (Å²) in [5.41, 5.74) is 0.760. The highest BCUT2D eigenvalue weighted by atomic mass is 14.2. The summed E-state index contributed by atoms with van der Waals surface area (Å²) < 4.78 is 118. The maximum absolute atomic E-state index is 8.82. The minimum atomic E-state index is -0.580. The molecule has 0 nitrogen and oxygen atoms in total. The molecular formula is C32H22. The third kappa shape index (κ3) is 3.09. The Morgan fingerprint density at radius 3 is 1.50 bits per heavy atom. The molecule has 0 aliphatic rings. The van der Waals surface area contributed by atoms with Crippen molar-refractivity contribution in [3.63, 3.8) is 0 Å². The average molecular weight is 421 g/mol. The van der Waals surface area contributed by atoms with Gasteiger partial charge in [0.2, 0.25) is 0 Å². The van der Waals surface area contributed by atoms with Gasteiger partial charge in [0.05, 0.1) is 19.2 Å². The fourth-order valence-electron chi connectivity index (χ4n) is 4.07. The van der Waals surface area contributed by atoms with E-state index in [0.29, 0.717) is 21.7 Å². The predicted octanol–water partition coefficient (Wildman–Crippen LogP) is 8.99. The predicted molar refractivity (Wildman–Crippen MR) is 138 cm³/mol. The Kier molecular flexibility index (Phi) is 2.24. The average Bonchev–Trinajstić information content (AvgIpc) is 3.05. The van der Waals surface area contributed by atoms with Crippen LogP contribution in [-0.4, -0.2) is 0 Å². The van der Waals surface area contributed by atoms with Crippen molar-refractivity contribution < 1.29 is 19.2 Å². The zero-order chi connectivity index (χ0) is 33.5. The van der Waals surface area contributed by atoms with Crippen LogP contribution in [0.15, 0.2) is 133 Å². The fourth-order valence-corrected chi connectivity index (χ4v) is 4.07. The molecular weight excluding hydrogens is 384 g/mol. The van der Waals surface area contributed by atoms with Crippen LogP contribution in [0, 0.1) is 0 Å². The summed E-state index contributed by atoms with van der Waals surface area (Å²) in [6, 6.07) is 6.08. The summed E-state index contributed by atoms with van der Waals surface area (Å²) in [6.07, 6.45) is 0. The van der Waals surface area contributed by atoms with Gasteiger partial charge in [0.1, 0.15) is 0 Å². The van der Waals surface area contributed by atoms with E-state index in [1.165, 1.54) is 6.07 Å². The van der Waals surface area contributed by atoms with E-state index in [1.807, 2.05) is 0 Å². The zero-order valence-corrected chi connectivity index (χ0v) is 16.6. The van der Waals surface area contributed by atoms with Crippen LogP contribution in [0.5, 0.6) is 0 Å². The highest BCUT2D eigenvalue weighted by molar-refractivity contribution is 6.21. The second-order valence-corrected chi connectivity index (χ2v) is 7.13. The van der Waals surface area contributed by atoms with E-state index in [2.05, 4.69) is 0 Å². The van der Waals surface area contributed by atoms with E-state index in [4.69, 9.17) is 19.2 Å². The van der Waals surface area contributed by atoms with E-state index in [9.17, 15) is 0 Å². The van der Waals surface area contributed by atoms with E-state index in [1.54, 1.807) is 42.5 Å². The molecule has 0 aromatic heterocycles. The Morgan fingerprint density at radius 2 is 0.875 bits per heavy atom. The summed E-state index contributed by atoms with van der Waals surface area (Å²) in [4.78, 5) is 0. The molecule has 0 heterocycles. The van der Waals surface area contributed by atoms with Gasteiger partial charge in [-0.25, -0.2) is 0 Å². The summed E-state index contributed by atoms with van der Waals surface area (Å²) in [5, 5.41) is 1.40. The summed E-state index contributed by atoms with van der Waals surface area (Å²) in [7, 11) is 0. The summed E-state index contributed by atoms with van der Waals surface area (Å²) >= 11 is 0. The Hall–Kier alpha value is -4.16. The first-order valence-electron chi connectivity index (χ1n) is 16.9. The maximum Gasteiger partial charge on any atom is 0.0629 e. The van der Waals surface area contributed by atoms with E-state index < -0.39 is 72.5 Å². The molecule has 6 aromatic rings. The van der Waals surface area contributed by atoms with Crippen molar-refractivity contribution in [1.82, 2.24) is 0 Å². The highest BCUT2D eigenvalue weighted by Gasteiger charge is 2.17. The second kappa shape index (κ2) is 7.83. The number of hydrogen-bond acceptors (Lipinski definition) is 0. The molecule has 0 atom stereocenters. The molecule has 0 N–H and O–H groups in total. The number of benzene rings is 6. The minimum absolute atomic E-state index is 0.0887. The second-order valence-electron chi connectivity index (χ2n) is 7.13. The third-order valence-corrected chi connectivity index (χ3v) is 5.38. The van der Waals surface area contributed by atoms with Crippen molar-refractivity contribution in [2.45, 2.75) is 0 Å². The van der Waals surface area contributed by atoms with Gasteiger partial charge < -0.3 is 0 Å². The van der Waals surface area contributed by atoms with Crippen molar-refractivity contribution in [2.24, 2.45) is 0 Å². The molecule has 0 radical (unpaired) electrons. The Labute approximate surface area is 208 Å². The van der Waals surface area contributed by atoms with Gasteiger partial charge in [-0.1, -0.05) is 127 Å². The van der Waals surface area contributed by atoms with Crippen molar-refractivity contribution in [1.29, 1.82) is 0 Å². The highest BCUT2D eigenvalue weighted by Crippen LogP contribution is 2.44. The van der Waals surface area contributed by atoms with Crippen molar-refractivity contribution in [2.75, 3.05) is 0 Å². The van der Waals surface area contributed by atoms with E-state index >= 15 is 0 Å². The number of hydrogen-bond donors (Lipinski definition) is 0. The lowest BCUT2D eigenvalue weighted by Crippen LogP contribution is -1.91. The monoisotopic (exact) mass is 420 g/mol. The van der Waals surface area contributed by atoms with Gasteiger partial charge in [-0.15, -0.1) is 0 Å². The number of fused-ring (bicyclic) bond motifs is 2. The molecule has 0 saturated carbocycles. The van der Waals surface area contributed by atoms with E-state index in [0.717, 1.165) is 0 Å². The van der Waals surface area contributed by atoms with Crippen molar-refractivity contribution in [3.8, 4) is 33.4 Å². The van der Waals surface area contributed by atoms with Gasteiger partial charge in [-0.2, -0.15) is 0 Å². The van der Waals surface area contributed by atoms with Gasteiger partial charge in [0, 0.05) is 0 Å². The van der Waals surface area contributed by atoms with Gasteiger partial charge in [-0.3, -0.25) is 0 Å². The lowest BCUT2D eigenvalue weighted by atomic mass is 9.85. The molecule has 0 aliphatic heterocycles. The first kappa shape index (κ1) is 9.14. The van der Waals surface area contributed by atoms with Gasteiger partial charge in [0.15, 0.2) is 0 Å². The van der Waals surface area contributed by atoms with E-state index in [-0.39, 0.29) is 45.3 Å². The molecule has 0 amide bonds.